The molecule has 0 bridgehead atoms. The van der Waals surface area contributed by atoms with E-state index in [1.807, 2.05) is 24.3 Å². The summed E-state index contributed by atoms with van der Waals surface area (Å²) in [5, 5.41) is 0. The number of rotatable bonds is 9. The molecule has 2 aromatic carbocycles. The molecule has 0 unspecified atom stereocenters. The molecular formula is C31H39BN2O4. The predicted molar refractivity (Wildman–Crippen MR) is 153 cm³/mol. The van der Waals surface area contributed by atoms with Gasteiger partial charge in [0.15, 0.2) is 0 Å². The fraction of sp³-hybridized carbons (Fsp3) is 0.452. The van der Waals surface area contributed by atoms with Gasteiger partial charge in [-0.25, -0.2) is 4.98 Å². The third-order valence-electron chi connectivity index (χ3n) is 8.15. The zero-order valence-corrected chi connectivity index (χ0v) is 23.7. The van der Waals surface area contributed by atoms with Gasteiger partial charge in [0, 0.05) is 18.8 Å². The molecule has 1 saturated carbocycles. The van der Waals surface area contributed by atoms with Gasteiger partial charge in [-0.1, -0.05) is 24.3 Å². The van der Waals surface area contributed by atoms with E-state index in [2.05, 4.69) is 69.9 Å². The Morgan fingerprint density at radius 2 is 1.32 bits per heavy atom. The van der Waals surface area contributed by atoms with Crippen molar-refractivity contribution < 1.29 is 18.8 Å². The van der Waals surface area contributed by atoms with Crippen molar-refractivity contribution in [2.75, 3.05) is 19.1 Å². The number of nitrogens with zero attached hydrogens (tertiary/aromatic N) is 2. The lowest BCUT2D eigenvalue weighted by Crippen LogP contribution is -2.41. The summed E-state index contributed by atoms with van der Waals surface area (Å²) < 4.78 is 23.8. The van der Waals surface area contributed by atoms with Crippen molar-refractivity contribution in [3.05, 3.63) is 77.0 Å². The fourth-order valence-corrected chi connectivity index (χ4v) is 5.04. The monoisotopic (exact) mass is 514 g/mol. The van der Waals surface area contributed by atoms with Crippen LogP contribution in [0, 0.1) is 6.92 Å². The molecule has 7 heteroatoms. The molecule has 0 amide bonds. The predicted octanol–water partition coefficient (Wildman–Crippen LogP) is 5.79. The summed E-state index contributed by atoms with van der Waals surface area (Å²) in [4.78, 5) is 7.49. The summed E-state index contributed by atoms with van der Waals surface area (Å²) in [5.74, 6) is 3.15. The molecule has 1 aromatic heterocycles. The van der Waals surface area contributed by atoms with Crippen molar-refractivity contribution in [1.82, 2.24) is 4.98 Å². The van der Waals surface area contributed by atoms with E-state index in [0.717, 1.165) is 28.5 Å². The minimum absolute atomic E-state index is 0.401. The van der Waals surface area contributed by atoms with Gasteiger partial charge in [0.1, 0.15) is 17.3 Å². The van der Waals surface area contributed by atoms with Crippen molar-refractivity contribution in [2.24, 2.45) is 0 Å². The third kappa shape index (κ3) is 5.41. The highest BCUT2D eigenvalue weighted by Crippen LogP contribution is 2.43. The lowest BCUT2D eigenvalue weighted by Gasteiger charge is -2.32. The molecule has 0 radical (unpaired) electrons. The number of hydrogen-bond acceptors (Lipinski definition) is 6. The zero-order valence-electron chi connectivity index (χ0n) is 23.7. The summed E-state index contributed by atoms with van der Waals surface area (Å²) in [5.41, 5.74) is 5.03. The van der Waals surface area contributed by atoms with Crippen LogP contribution in [-0.4, -0.2) is 37.5 Å². The molecule has 2 fully saturated rings. The Morgan fingerprint density at radius 1 is 0.842 bits per heavy atom. The van der Waals surface area contributed by atoms with Gasteiger partial charge in [-0.2, -0.15) is 0 Å². The molecule has 0 N–H and O–H groups in total. The first-order chi connectivity index (χ1) is 18.1. The number of benzene rings is 2. The molecule has 5 rings (SSSR count). The lowest BCUT2D eigenvalue weighted by molar-refractivity contribution is 0.00578. The van der Waals surface area contributed by atoms with E-state index >= 15 is 0 Å². The van der Waals surface area contributed by atoms with Crippen LogP contribution in [0.15, 0.2) is 54.6 Å². The van der Waals surface area contributed by atoms with E-state index in [0.29, 0.717) is 19.0 Å². The SMILES string of the molecule is COc1ccc(CN(Cc2ccc(OC)cc2)c2cc(B3OC(C)(C)C(C)(C)O3)c(C3CC3)c(C)n2)cc1. The summed E-state index contributed by atoms with van der Waals surface area (Å²) in [6, 6.07) is 18.7. The summed E-state index contributed by atoms with van der Waals surface area (Å²) in [6.45, 7) is 12.0. The molecule has 200 valence electrons. The van der Waals surface area contributed by atoms with Crippen molar-refractivity contribution >= 4 is 18.4 Å². The standard InChI is InChI=1S/C31H39BN2O4/c1-21-29(24-12-13-24)27(32-37-30(2,3)31(4,5)38-32)18-28(33-21)34(19-22-8-14-25(35-6)15-9-22)20-23-10-16-26(36-7)17-11-23/h8-11,14-18,24H,12-13,19-20H2,1-7H3. The van der Waals surface area contributed by atoms with E-state index in [-0.39, 0.29) is 0 Å². The summed E-state index contributed by atoms with van der Waals surface area (Å²) in [6.07, 6.45) is 2.38. The quantitative estimate of drug-likeness (QED) is 0.337. The Morgan fingerprint density at radius 3 is 1.74 bits per heavy atom. The molecule has 0 spiro atoms. The van der Waals surface area contributed by atoms with Gasteiger partial charge in [-0.3, -0.25) is 0 Å². The molecule has 1 aliphatic heterocycles. The molecule has 1 saturated heterocycles. The topological polar surface area (TPSA) is 53.1 Å². The summed E-state index contributed by atoms with van der Waals surface area (Å²) in [7, 11) is 2.96. The van der Waals surface area contributed by atoms with Crippen molar-refractivity contribution in [3.8, 4) is 11.5 Å². The van der Waals surface area contributed by atoms with Gasteiger partial charge in [0.2, 0.25) is 0 Å². The van der Waals surface area contributed by atoms with Crippen molar-refractivity contribution in [3.63, 3.8) is 0 Å². The minimum Gasteiger partial charge on any atom is -0.497 e. The Balaban J connectivity index is 1.54. The average Bonchev–Trinajstić information content (AvgIpc) is 3.69. The molecule has 3 aromatic rings. The Hall–Kier alpha value is -3.03. The second kappa shape index (κ2) is 10.3. The minimum atomic E-state index is -0.417. The normalized spacial score (nSPS) is 17.9. The number of pyridine rings is 1. The van der Waals surface area contributed by atoms with Crippen LogP contribution >= 0.6 is 0 Å². The molecule has 2 aliphatic rings. The maximum Gasteiger partial charge on any atom is 0.495 e. The largest absolute Gasteiger partial charge is 0.497 e. The number of hydrogen-bond donors (Lipinski definition) is 0. The zero-order chi connectivity index (χ0) is 27.1. The highest BCUT2D eigenvalue weighted by Gasteiger charge is 2.53. The van der Waals surface area contributed by atoms with Crippen molar-refractivity contribution in [2.45, 2.75) is 77.7 Å². The number of aromatic nitrogens is 1. The van der Waals surface area contributed by atoms with Gasteiger partial charge >= 0.3 is 7.12 Å². The first kappa shape index (κ1) is 26.6. The Labute approximate surface area is 227 Å². The molecule has 1 aliphatic carbocycles. The van der Waals surface area contributed by atoms with Gasteiger partial charge in [-0.15, -0.1) is 0 Å². The van der Waals surface area contributed by atoms with Gasteiger partial charge < -0.3 is 23.7 Å². The first-order valence-corrected chi connectivity index (χ1v) is 13.5. The highest BCUT2D eigenvalue weighted by molar-refractivity contribution is 6.62. The van der Waals surface area contributed by atoms with Crippen LogP contribution in [0.2, 0.25) is 0 Å². The number of anilines is 1. The number of ether oxygens (including phenoxy) is 2. The van der Waals surface area contributed by atoms with E-state index in [1.54, 1.807) is 14.2 Å². The second-order valence-corrected chi connectivity index (χ2v) is 11.5. The van der Waals surface area contributed by atoms with Crippen LogP contribution < -0.4 is 19.8 Å². The third-order valence-corrected chi connectivity index (χ3v) is 8.15. The fourth-order valence-electron chi connectivity index (χ4n) is 5.04. The Kier molecular flexibility index (Phi) is 7.18. The van der Waals surface area contributed by atoms with Gasteiger partial charge in [0.25, 0.3) is 0 Å². The molecule has 38 heavy (non-hydrogen) atoms. The van der Waals surface area contributed by atoms with Crippen LogP contribution in [0.1, 0.15) is 68.8 Å². The second-order valence-electron chi connectivity index (χ2n) is 11.5. The maximum atomic E-state index is 6.55. The number of methoxy groups -OCH3 is 2. The highest BCUT2D eigenvalue weighted by atomic mass is 16.7. The van der Waals surface area contributed by atoms with E-state index in [9.17, 15) is 0 Å². The van der Waals surface area contributed by atoms with E-state index in [4.69, 9.17) is 23.8 Å². The van der Waals surface area contributed by atoms with Crippen LogP contribution in [-0.2, 0) is 22.4 Å². The molecular weight excluding hydrogens is 475 g/mol. The smallest absolute Gasteiger partial charge is 0.495 e. The average molecular weight is 514 g/mol. The maximum absolute atomic E-state index is 6.55. The first-order valence-electron chi connectivity index (χ1n) is 13.5. The molecule has 0 atom stereocenters. The summed E-state index contributed by atoms with van der Waals surface area (Å²) >= 11 is 0. The van der Waals surface area contributed by atoms with Crippen LogP contribution in [0.25, 0.3) is 0 Å². The van der Waals surface area contributed by atoms with Gasteiger partial charge in [0.05, 0.1) is 25.4 Å². The van der Waals surface area contributed by atoms with E-state index < -0.39 is 18.3 Å². The van der Waals surface area contributed by atoms with Gasteiger partial charge in [-0.05, 0) is 106 Å². The van der Waals surface area contributed by atoms with Crippen LogP contribution in [0.3, 0.4) is 0 Å². The van der Waals surface area contributed by atoms with E-state index in [1.165, 1.54) is 29.5 Å². The molecule has 6 nitrogen and oxygen atoms in total. The lowest BCUT2D eigenvalue weighted by atomic mass is 9.74. The van der Waals surface area contributed by atoms with Crippen LogP contribution in [0.4, 0.5) is 5.82 Å². The van der Waals surface area contributed by atoms with Crippen molar-refractivity contribution in [1.29, 1.82) is 0 Å². The number of aryl methyl sites for hydroxylation is 1. The molecule has 2 heterocycles. The van der Waals surface area contributed by atoms with Crippen LogP contribution in [0.5, 0.6) is 11.5 Å². The Bertz CT molecular complexity index is 1200.